The van der Waals surface area contributed by atoms with Gasteiger partial charge < -0.3 is 20.7 Å². The molecule has 0 fully saturated rings. The normalized spacial score (nSPS) is 10.7. The van der Waals surface area contributed by atoms with Crippen LogP contribution >= 0.6 is 0 Å². The average Bonchev–Trinajstić information content (AvgIpc) is 2.36. The fraction of sp³-hybridized carbons (Fsp3) is 0.500. The third-order valence-corrected chi connectivity index (χ3v) is 2.66. The number of nitrogens with two attached hydrogens (primary N) is 1. The van der Waals surface area contributed by atoms with Gasteiger partial charge in [0, 0.05) is 18.8 Å². The molecule has 1 rings (SSSR count). The Kier molecular flexibility index (Phi) is 6.92. The van der Waals surface area contributed by atoms with Crippen molar-refractivity contribution in [3.8, 4) is 0 Å². The number of likely N-dealkylation sites (N-methyl/N-ethyl adjacent to an activating group) is 1. The van der Waals surface area contributed by atoms with E-state index in [1.165, 1.54) is 0 Å². The summed E-state index contributed by atoms with van der Waals surface area (Å²) < 4.78 is 5.39. The number of hydrogen-bond donors (Lipinski definition) is 2. The Hall–Kier alpha value is -1.59. The lowest BCUT2D eigenvalue weighted by molar-refractivity contribution is -0.120. The molecule has 1 aromatic carbocycles. The second-order valence-corrected chi connectivity index (χ2v) is 4.64. The number of carbonyl (C=O) groups is 1. The van der Waals surface area contributed by atoms with Crippen molar-refractivity contribution in [3.05, 3.63) is 29.8 Å². The van der Waals surface area contributed by atoms with E-state index in [-0.39, 0.29) is 5.91 Å². The van der Waals surface area contributed by atoms with Crippen LogP contribution in [0.2, 0.25) is 0 Å². The van der Waals surface area contributed by atoms with Gasteiger partial charge in [0.2, 0.25) is 5.91 Å². The van der Waals surface area contributed by atoms with Crippen LogP contribution in [0, 0.1) is 0 Å². The fourth-order valence-corrected chi connectivity index (χ4v) is 1.54. The number of nitrogens with zero attached hydrogens (tertiary/aromatic N) is 1. The number of carbonyl (C=O) groups excluding carboxylic acids is 1. The monoisotopic (exact) mass is 265 g/mol. The number of benzene rings is 1. The molecule has 1 amide bonds. The number of para-hydroxylation sites is 1. The Morgan fingerprint density at radius 1 is 1.32 bits per heavy atom. The molecule has 0 saturated heterocycles. The van der Waals surface area contributed by atoms with Crippen molar-refractivity contribution < 1.29 is 9.53 Å². The fourth-order valence-electron chi connectivity index (χ4n) is 1.54. The molecule has 0 bridgehead atoms. The van der Waals surface area contributed by atoms with Gasteiger partial charge in [-0.05, 0) is 25.7 Å². The van der Waals surface area contributed by atoms with Gasteiger partial charge in [-0.1, -0.05) is 18.2 Å². The molecule has 0 atom stereocenters. The highest BCUT2D eigenvalue weighted by Gasteiger charge is 2.05. The Labute approximate surface area is 114 Å². The van der Waals surface area contributed by atoms with Gasteiger partial charge in [0.25, 0.3) is 0 Å². The van der Waals surface area contributed by atoms with Crippen molar-refractivity contribution in [2.45, 2.75) is 6.42 Å². The van der Waals surface area contributed by atoms with Gasteiger partial charge in [0.15, 0.2) is 0 Å². The average molecular weight is 265 g/mol. The summed E-state index contributed by atoms with van der Waals surface area (Å²) in [5.41, 5.74) is 7.29. The number of nitrogens with one attached hydrogen (secondary N) is 1. The van der Waals surface area contributed by atoms with Crippen LogP contribution in [0.15, 0.2) is 24.3 Å². The van der Waals surface area contributed by atoms with E-state index < -0.39 is 0 Å². The van der Waals surface area contributed by atoms with Gasteiger partial charge in [-0.3, -0.25) is 4.79 Å². The lowest BCUT2D eigenvalue weighted by Crippen LogP contribution is -2.29. The zero-order chi connectivity index (χ0) is 14.1. The summed E-state index contributed by atoms with van der Waals surface area (Å²) in [7, 11) is 3.99. The summed E-state index contributed by atoms with van der Waals surface area (Å²) in [6.07, 6.45) is 0.310. The van der Waals surface area contributed by atoms with E-state index in [2.05, 4.69) is 10.2 Å². The molecule has 0 aliphatic rings. The number of amides is 1. The number of hydrogen-bond acceptors (Lipinski definition) is 4. The SMILES string of the molecule is CN(C)CCOCCNC(=O)Cc1ccccc1N. The minimum Gasteiger partial charge on any atom is -0.398 e. The minimum atomic E-state index is -0.0332. The lowest BCUT2D eigenvalue weighted by Gasteiger charge is -2.10. The summed E-state index contributed by atoms with van der Waals surface area (Å²) in [5, 5.41) is 2.81. The summed E-state index contributed by atoms with van der Waals surface area (Å²) in [5.74, 6) is -0.0332. The van der Waals surface area contributed by atoms with Crippen molar-refractivity contribution in [2.75, 3.05) is 46.1 Å². The highest BCUT2D eigenvalue weighted by Crippen LogP contribution is 2.10. The molecule has 0 unspecified atom stereocenters. The molecule has 5 heteroatoms. The minimum absolute atomic E-state index is 0.0332. The van der Waals surface area contributed by atoms with E-state index in [1.54, 1.807) is 6.07 Å². The maximum Gasteiger partial charge on any atom is 0.224 e. The van der Waals surface area contributed by atoms with E-state index in [9.17, 15) is 4.79 Å². The zero-order valence-corrected chi connectivity index (χ0v) is 11.7. The van der Waals surface area contributed by atoms with Gasteiger partial charge in [-0.2, -0.15) is 0 Å². The second-order valence-electron chi connectivity index (χ2n) is 4.64. The highest BCUT2D eigenvalue weighted by molar-refractivity contribution is 5.80. The van der Waals surface area contributed by atoms with Crippen molar-refractivity contribution in [1.82, 2.24) is 10.2 Å². The van der Waals surface area contributed by atoms with Crippen LogP contribution in [0.3, 0.4) is 0 Å². The summed E-state index contributed by atoms with van der Waals surface area (Å²) in [4.78, 5) is 13.7. The van der Waals surface area contributed by atoms with Crippen LogP contribution in [-0.4, -0.2) is 51.2 Å². The molecule has 0 aliphatic heterocycles. The van der Waals surface area contributed by atoms with Crippen molar-refractivity contribution in [3.63, 3.8) is 0 Å². The first-order valence-corrected chi connectivity index (χ1v) is 6.42. The quantitative estimate of drug-likeness (QED) is 0.531. The maximum atomic E-state index is 11.7. The summed E-state index contributed by atoms with van der Waals surface area (Å²) >= 11 is 0. The molecule has 106 valence electrons. The van der Waals surface area contributed by atoms with Gasteiger partial charge in [-0.15, -0.1) is 0 Å². The number of ether oxygens (including phenoxy) is 1. The van der Waals surface area contributed by atoms with E-state index >= 15 is 0 Å². The molecule has 3 N–H and O–H groups in total. The topological polar surface area (TPSA) is 67.6 Å². The Morgan fingerprint density at radius 2 is 2.05 bits per heavy atom. The predicted molar refractivity (Wildman–Crippen MR) is 76.9 cm³/mol. The number of rotatable bonds is 8. The molecule has 19 heavy (non-hydrogen) atoms. The van der Waals surface area contributed by atoms with E-state index in [1.807, 2.05) is 32.3 Å². The first-order chi connectivity index (χ1) is 9.09. The van der Waals surface area contributed by atoms with E-state index in [0.29, 0.717) is 31.9 Å². The lowest BCUT2D eigenvalue weighted by atomic mass is 10.1. The smallest absolute Gasteiger partial charge is 0.224 e. The van der Waals surface area contributed by atoms with Gasteiger partial charge in [0.1, 0.15) is 0 Å². The molecule has 0 spiro atoms. The van der Waals surface area contributed by atoms with Crippen LogP contribution in [0.25, 0.3) is 0 Å². The van der Waals surface area contributed by atoms with Gasteiger partial charge >= 0.3 is 0 Å². The zero-order valence-electron chi connectivity index (χ0n) is 11.7. The predicted octanol–water partition coefficient (Wildman–Crippen LogP) is 0.506. The molecule has 0 aromatic heterocycles. The Bertz CT molecular complexity index is 394. The van der Waals surface area contributed by atoms with Crippen LogP contribution in [0.4, 0.5) is 5.69 Å². The third kappa shape index (κ3) is 6.79. The van der Waals surface area contributed by atoms with Gasteiger partial charge in [-0.25, -0.2) is 0 Å². The standard InChI is InChI=1S/C14H23N3O2/c1-17(2)8-10-19-9-7-16-14(18)11-12-5-3-4-6-13(12)15/h3-6H,7-11,15H2,1-2H3,(H,16,18). The summed E-state index contributed by atoms with van der Waals surface area (Å²) in [6, 6.07) is 7.40. The molecule has 5 nitrogen and oxygen atoms in total. The molecule has 1 aromatic rings. The maximum absolute atomic E-state index is 11.7. The summed E-state index contributed by atoms with van der Waals surface area (Å²) in [6.45, 7) is 2.62. The molecule has 0 heterocycles. The van der Waals surface area contributed by atoms with E-state index in [0.717, 1.165) is 12.1 Å². The van der Waals surface area contributed by atoms with Gasteiger partial charge in [0.05, 0.1) is 19.6 Å². The van der Waals surface area contributed by atoms with Crippen molar-refractivity contribution >= 4 is 11.6 Å². The van der Waals surface area contributed by atoms with Crippen molar-refractivity contribution in [2.24, 2.45) is 0 Å². The first kappa shape index (κ1) is 15.5. The van der Waals surface area contributed by atoms with Crippen molar-refractivity contribution in [1.29, 1.82) is 0 Å². The molecular weight excluding hydrogens is 242 g/mol. The van der Waals surface area contributed by atoms with Crippen LogP contribution in [0.1, 0.15) is 5.56 Å². The second kappa shape index (κ2) is 8.50. The first-order valence-electron chi connectivity index (χ1n) is 6.42. The molecule has 0 saturated carbocycles. The largest absolute Gasteiger partial charge is 0.398 e. The Morgan fingerprint density at radius 3 is 2.74 bits per heavy atom. The third-order valence-electron chi connectivity index (χ3n) is 2.66. The van der Waals surface area contributed by atoms with Crippen LogP contribution < -0.4 is 11.1 Å². The molecule has 0 aliphatic carbocycles. The highest BCUT2D eigenvalue weighted by atomic mass is 16.5. The van der Waals surface area contributed by atoms with Crippen LogP contribution in [-0.2, 0) is 16.0 Å². The number of anilines is 1. The Balaban J connectivity index is 2.13. The van der Waals surface area contributed by atoms with E-state index in [4.69, 9.17) is 10.5 Å². The molecular formula is C14H23N3O2. The molecule has 0 radical (unpaired) electrons. The number of nitrogen functional groups attached to an aromatic ring is 1. The van der Waals surface area contributed by atoms with Crippen LogP contribution in [0.5, 0.6) is 0 Å².